The van der Waals surface area contributed by atoms with Crippen molar-refractivity contribution in [3.05, 3.63) is 55.5 Å². The lowest BCUT2D eigenvalue weighted by Gasteiger charge is -2.52. The lowest BCUT2D eigenvalue weighted by molar-refractivity contribution is 0.201. The fourth-order valence-electron chi connectivity index (χ4n) is 6.85. The van der Waals surface area contributed by atoms with Gasteiger partial charge in [0.1, 0.15) is 19.5 Å². The summed E-state index contributed by atoms with van der Waals surface area (Å²) in [5, 5.41) is 0.274. The highest BCUT2D eigenvalue weighted by atomic mass is 35.5. The van der Waals surface area contributed by atoms with Crippen LogP contribution in [0.5, 0.6) is 0 Å². The summed E-state index contributed by atoms with van der Waals surface area (Å²) in [5.74, 6) is -2.54. The molecule has 1 aromatic rings. The van der Waals surface area contributed by atoms with Gasteiger partial charge in [0.15, 0.2) is 8.67 Å². The van der Waals surface area contributed by atoms with E-state index in [0.717, 1.165) is 11.1 Å². The van der Waals surface area contributed by atoms with E-state index in [4.69, 9.17) is 139 Å². The Kier molecular flexibility index (Phi) is 5.05. The van der Waals surface area contributed by atoms with E-state index in [1.807, 2.05) is 24.3 Å². The number of alkyl halides is 8. The number of benzene rings is 1. The average Bonchev–Trinajstić information content (AvgIpc) is 3.08. The maximum atomic E-state index is 7.25. The first kappa shape index (κ1) is 24.5. The molecular weight excluding hydrogens is 666 g/mol. The van der Waals surface area contributed by atoms with E-state index in [0.29, 0.717) is 0 Å². The molecule has 0 aromatic heterocycles. The summed E-state index contributed by atoms with van der Waals surface area (Å²) >= 11 is 83.3. The molecule has 5 aliphatic carbocycles. The van der Waals surface area contributed by atoms with Gasteiger partial charge in [-0.25, -0.2) is 0 Å². The molecule has 0 unspecified atom stereocenters. The highest BCUT2D eigenvalue weighted by molar-refractivity contribution is 6.67. The summed E-state index contributed by atoms with van der Waals surface area (Å²) in [4.78, 5) is -6.33. The maximum absolute atomic E-state index is 7.25. The van der Waals surface area contributed by atoms with E-state index < -0.39 is 51.8 Å². The Hall–Kier alpha value is 2.18. The number of halogens is 12. The van der Waals surface area contributed by atoms with Crippen LogP contribution in [0.2, 0.25) is 0 Å². The molecule has 0 saturated heterocycles. The fraction of sp³-hybridized carbons (Fsp3) is 0.500. The Balaban J connectivity index is 1.78. The summed E-state index contributed by atoms with van der Waals surface area (Å²) in [6, 6.07) is 7.51. The van der Waals surface area contributed by atoms with Gasteiger partial charge in [0.05, 0.1) is 20.1 Å². The van der Waals surface area contributed by atoms with Gasteiger partial charge in [-0.3, -0.25) is 0 Å². The molecule has 172 valence electrons. The molecule has 0 heterocycles. The monoisotopic (exact) mass is 668 g/mol. The van der Waals surface area contributed by atoms with Crippen molar-refractivity contribution < 1.29 is 0 Å². The molecule has 0 amide bonds. The van der Waals surface area contributed by atoms with E-state index in [1.54, 1.807) is 0 Å². The van der Waals surface area contributed by atoms with Gasteiger partial charge < -0.3 is 0 Å². The highest BCUT2D eigenvalue weighted by Gasteiger charge is 2.91. The van der Waals surface area contributed by atoms with Crippen LogP contribution in [0.4, 0.5) is 0 Å². The van der Waals surface area contributed by atoms with Crippen molar-refractivity contribution in [2.75, 3.05) is 0 Å². The van der Waals surface area contributed by atoms with Gasteiger partial charge in [-0.15, -0.1) is 46.4 Å². The van der Waals surface area contributed by atoms with Crippen molar-refractivity contribution in [3.8, 4) is 0 Å². The molecule has 0 spiro atoms. The minimum Gasteiger partial charge on any atom is -0.109 e. The van der Waals surface area contributed by atoms with Gasteiger partial charge in [-0.05, 0) is 11.1 Å². The quantitative estimate of drug-likeness (QED) is 0.241. The van der Waals surface area contributed by atoms with E-state index in [2.05, 4.69) is 0 Å². The van der Waals surface area contributed by atoms with Crippen LogP contribution >= 0.6 is 139 Å². The standard InChI is InChI=1S/C20H8Cl12/c21-11-13(23)17(27)9-7(15(11,25)19(17,29)30)5-3-1-2-4-6(5)8-10(9)18(28)14(24)12(22)16(8,26)20(18,31)32/h1-4,7-10H/t7-,8-,9-,10+,15+,16-,17-,18+/m1/s1. The summed E-state index contributed by atoms with van der Waals surface area (Å²) in [5.41, 5.74) is 1.59. The van der Waals surface area contributed by atoms with E-state index in [9.17, 15) is 0 Å². The molecule has 5 aliphatic rings. The van der Waals surface area contributed by atoms with Crippen molar-refractivity contribution >= 4 is 139 Å². The first-order chi connectivity index (χ1) is 14.6. The smallest absolute Gasteiger partial charge is 0.109 e. The van der Waals surface area contributed by atoms with Crippen LogP contribution in [-0.4, -0.2) is 28.2 Å². The lowest BCUT2D eigenvalue weighted by atomic mass is 9.57. The molecule has 32 heavy (non-hydrogen) atoms. The minimum absolute atomic E-state index is 0.0489. The van der Waals surface area contributed by atoms with Crippen molar-refractivity contribution in [3.63, 3.8) is 0 Å². The third kappa shape index (κ3) is 2.00. The predicted octanol–water partition coefficient (Wildman–Crippen LogP) is 9.79. The molecule has 1 aromatic carbocycles. The molecule has 0 nitrogen and oxygen atoms in total. The number of fused-ring (bicyclic) bond motifs is 14. The van der Waals surface area contributed by atoms with Crippen LogP contribution in [-0.2, 0) is 0 Å². The zero-order valence-corrected chi connectivity index (χ0v) is 24.2. The second-order valence-corrected chi connectivity index (χ2v) is 15.4. The SMILES string of the molecule is ClC1=C(Cl)[C@]2(Cl)[C@H]3[C@@H]4[C@@H](c5ccccc5[C@H]3[C@@]1(Cl)C2(Cl)Cl)[C@@]1(Cl)C(Cl)=C(Cl)[C@]4(Cl)C1(Cl)Cl. The number of hydrogen-bond acceptors (Lipinski definition) is 0. The van der Waals surface area contributed by atoms with Crippen LogP contribution in [0.3, 0.4) is 0 Å². The third-order valence-corrected chi connectivity index (χ3v) is 16.6. The van der Waals surface area contributed by atoms with Crippen LogP contribution in [0.25, 0.3) is 0 Å². The molecule has 0 N–H and O–H groups in total. The summed E-state index contributed by atoms with van der Waals surface area (Å²) < 4.78 is -3.60. The second-order valence-electron chi connectivity index (χ2n) is 8.89. The van der Waals surface area contributed by atoms with E-state index >= 15 is 0 Å². The normalized spacial score (nSPS) is 51.2. The van der Waals surface area contributed by atoms with Gasteiger partial charge in [-0.1, -0.05) is 117 Å². The number of rotatable bonds is 0. The van der Waals surface area contributed by atoms with Crippen molar-refractivity contribution in [1.29, 1.82) is 0 Å². The van der Waals surface area contributed by atoms with Crippen molar-refractivity contribution in [1.82, 2.24) is 0 Å². The van der Waals surface area contributed by atoms with Gasteiger partial charge in [0.2, 0.25) is 0 Å². The van der Waals surface area contributed by atoms with Gasteiger partial charge in [-0.2, -0.15) is 0 Å². The molecule has 8 atom stereocenters. The van der Waals surface area contributed by atoms with Gasteiger partial charge in [0, 0.05) is 23.7 Å². The molecule has 2 fully saturated rings. The molecule has 0 radical (unpaired) electrons. The zero-order valence-electron chi connectivity index (χ0n) is 15.2. The molecule has 2 saturated carbocycles. The Morgan fingerprint density at radius 1 is 0.469 bits per heavy atom. The zero-order chi connectivity index (χ0) is 23.6. The molecule has 4 bridgehead atoms. The number of allylic oxidation sites excluding steroid dienone is 4. The topological polar surface area (TPSA) is 0 Å². The van der Waals surface area contributed by atoms with E-state index in [1.165, 1.54) is 0 Å². The molecule has 0 aliphatic heterocycles. The average molecular weight is 674 g/mol. The molecular formula is C20H8Cl12. The Labute approximate surface area is 244 Å². The van der Waals surface area contributed by atoms with Crippen LogP contribution < -0.4 is 0 Å². The summed E-state index contributed by atoms with van der Waals surface area (Å²) in [7, 11) is 0. The van der Waals surface area contributed by atoms with Crippen molar-refractivity contribution in [2.45, 2.75) is 40.0 Å². The van der Waals surface area contributed by atoms with Crippen LogP contribution in [0.1, 0.15) is 23.0 Å². The Morgan fingerprint density at radius 3 is 1.06 bits per heavy atom. The predicted molar refractivity (Wildman–Crippen MR) is 140 cm³/mol. The summed E-state index contributed by atoms with van der Waals surface area (Å²) in [6.07, 6.45) is 0. The number of hydrogen-bond donors (Lipinski definition) is 0. The first-order valence-corrected chi connectivity index (χ1v) is 13.9. The Morgan fingerprint density at radius 2 is 0.750 bits per heavy atom. The minimum atomic E-state index is -1.80. The fourth-order valence-corrected chi connectivity index (χ4v) is 12.9. The molecule has 6 rings (SSSR count). The molecule has 12 heteroatoms. The highest BCUT2D eigenvalue weighted by Crippen LogP contribution is 2.88. The van der Waals surface area contributed by atoms with Crippen molar-refractivity contribution in [2.24, 2.45) is 11.8 Å². The van der Waals surface area contributed by atoms with Crippen LogP contribution in [0, 0.1) is 11.8 Å². The maximum Gasteiger partial charge on any atom is 0.167 e. The van der Waals surface area contributed by atoms with Crippen LogP contribution in [0.15, 0.2) is 44.4 Å². The lowest BCUT2D eigenvalue weighted by Crippen LogP contribution is -2.53. The first-order valence-electron chi connectivity index (χ1n) is 9.33. The van der Waals surface area contributed by atoms with Gasteiger partial charge in [0.25, 0.3) is 0 Å². The third-order valence-electron chi connectivity index (χ3n) is 8.04. The largest absolute Gasteiger partial charge is 0.167 e. The summed E-state index contributed by atoms with van der Waals surface area (Å²) in [6.45, 7) is 0. The van der Waals surface area contributed by atoms with E-state index in [-0.39, 0.29) is 20.1 Å². The Bertz CT molecular complexity index is 1100. The second kappa shape index (κ2) is 6.59. The van der Waals surface area contributed by atoms with Gasteiger partial charge >= 0.3 is 0 Å².